The molecule has 1 aliphatic rings. The maximum Gasteiger partial charge on any atom is 0.407 e. The number of fused-ring (bicyclic) bond motifs is 3. The highest BCUT2D eigenvalue weighted by molar-refractivity contribution is 7.12. The Morgan fingerprint density at radius 3 is 2.34 bits per heavy atom. The van der Waals surface area contributed by atoms with E-state index >= 15 is 0 Å². The Balaban J connectivity index is 1.32. The van der Waals surface area contributed by atoms with Crippen molar-refractivity contribution in [1.29, 1.82) is 0 Å². The smallest absolute Gasteiger partial charge is 0.407 e. The normalized spacial score (nSPS) is 12.6. The fraction of sp³-hybridized carbons (Fsp3) is 0.130. The summed E-state index contributed by atoms with van der Waals surface area (Å²) in [4.78, 5) is 23.3. The SMILES string of the molecule is O=C(NCC=Cc1csc(C(=O)O)c1)OCC1c2ccccc2-c2ccccc21. The van der Waals surface area contributed by atoms with Crippen LogP contribution >= 0.6 is 11.3 Å². The van der Waals surface area contributed by atoms with E-state index < -0.39 is 12.1 Å². The number of carboxylic acids is 1. The van der Waals surface area contributed by atoms with E-state index in [9.17, 15) is 9.59 Å². The summed E-state index contributed by atoms with van der Waals surface area (Å²) in [5.41, 5.74) is 5.52. The van der Waals surface area contributed by atoms with Gasteiger partial charge < -0.3 is 15.2 Å². The van der Waals surface area contributed by atoms with E-state index in [0.29, 0.717) is 6.54 Å². The second-order valence-electron chi connectivity index (χ2n) is 6.66. The van der Waals surface area contributed by atoms with Gasteiger partial charge in [-0.2, -0.15) is 0 Å². The van der Waals surface area contributed by atoms with E-state index in [-0.39, 0.29) is 17.4 Å². The number of rotatable bonds is 6. The van der Waals surface area contributed by atoms with Crippen molar-refractivity contribution in [3.8, 4) is 11.1 Å². The van der Waals surface area contributed by atoms with Gasteiger partial charge in [-0.15, -0.1) is 11.3 Å². The number of aromatic carboxylic acids is 1. The first kappa shape index (κ1) is 19.0. The van der Waals surface area contributed by atoms with Crippen molar-refractivity contribution >= 4 is 29.5 Å². The van der Waals surface area contributed by atoms with Gasteiger partial charge in [0, 0.05) is 12.5 Å². The van der Waals surface area contributed by atoms with E-state index in [1.54, 1.807) is 23.6 Å². The lowest BCUT2D eigenvalue weighted by atomic mass is 9.98. The van der Waals surface area contributed by atoms with Crippen LogP contribution in [0.2, 0.25) is 0 Å². The molecule has 146 valence electrons. The highest BCUT2D eigenvalue weighted by Crippen LogP contribution is 2.44. The molecule has 0 fully saturated rings. The number of hydrogen-bond donors (Lipinski definition) is 2. The molecule has 1 amide bonds. The summed E-state index contributed by atoms with van der Waals surface area (Å²) in [7, 11) is 0. The quantitative estimate of drug-likeness (QED) is 0.605. The number of carbonyl (C=O) groups is 2. The molecule has 2 N–H and O–H groups in total. The van der Waals surface area contributed by atoms with Gasteiger partial charge in [-0.3, -0.25) is 0 Å². The molecular formula is C23H19NO4S. The van der Waals surface area contributed by atoms with Gasteiger partial charge in [0.1, 0.15) is 11.5 Å². The minimum Gasteiger partial charge on any atom is -0.477 e. The van der Waals surface area contributed by atoms with E-state index in [1.165, 1.54) is 33.6 Å². The summed E-state index contributed by atoms with van der Waals surface area (Å²) < 4.78 is 5.47. The molecule has 0 aliphatic heterocycles. The topological polar surface area (TPSA) is 75.6 Å². The molecule has 29 heavy (non-hydrogen) atoms. The largest absolute Gasteiger partial charge is 0.477 e. The van der Waals surface area contributed by atoms with Crippen LogP contribution in [0.1, 0.15) is 32.3 Å². The van der Waals surface area contributed by atoms with Crippen molar-refractivity contribution in [1.82, 2.24) is 5.32 Å². The Bertz CT molecular complexity index is 1040. The molecule has 1 heterocycles. The lowest BCUT2D eigenvalue weighted by Crippen LogP contribution is -2.26. The molecule has 0 saturated heterocycles. The van der Waals surface area contributed by atoms with Gasteiger partial charge >= 0.3 is 12.1 Å². The van der Waals surface area contributed by atoms with Crippen LogP contribution in [0.3, 0.4) is 0 Å². The Kier molecular flexibility index (Phi) is 5.44. The van der Waals surface area contributed by atoms with Crippen LogP contribution in [-0.4, -0.2) is 30.3 Å². The summed E-state index contributed by atoms with van der Waals surface area (Å²) in [6, 6.07) is 18.0. The second kappa shape index (κ2) is 8.32. The van der Waals surface area contributed by atoms with Crippen LogP contribution in [-0.2, 0) is 4.74 Å². The lowest BCUT2D eigenvalue weighted by molar-refractivity contribution is 0.0702. The zero-order chi connectivity index (χ0) is 20.2. The van der Waals surface area contributed by atoms with Crippen LogP contribution < -0.4 is 5.32 Å². The Morgan fingerprint density at radius 2 is 1.72 bits per heavy atom. The molecule has 1 aliphatic carbocycles. The summed E-state index contributed by atoms with van der Waals surface area (Å²) in [5, 5.41) is 13.4. The number of nitrogens with one attached hydrogen (secondary N) is 1. The second-order valence-corrected chi connectivity index (χ2v) is 7.57. The van der Waals surface area contributed by atoms with E-state index in [4.69, 9.17) is 9.84 Å². The molecule has 0 saturated carbocycles. The zero-order valence-corrected chi connectivity index (χ0v) is 16.3. The number of carboxylic acid groups (broad SMARTS) is 1. The van der Waals surface area contributed by atoms with E-state index in [1.807, 2.05) is 24.3 Å². The van der Waals surface area contributed by atoms with Crippen LogP contribution in [0, 0.1) is 0 Å². The summed E-state index contributed by atoms with van der Waals surface area (Å²) in [6.07, 6.45) is 3.05. The van der Waals surface area contributed by atoms with Crippen LogP contribution in [0.25, 0.3) is 17.2 Å². The molecule has 3 aromatic rings. The predicted molar refractivity (Wildman–Crippen MR) is 113 cm³/mol. The number of amides is 1. The van der Waals surface area contributed by atoms with Crippen LogP contribution in [0.4, 0.5) is 4.79 Å². The highest BCUT2D eigenvalue weighted by atomic mass is 32.1. The van der Waals surface area contributed by atoms with Crippen molar-refractivity contribution in [3.63, 3.8) is 0 Å². The van der Waals surface area contributed by atoms with Crippen molar-refractivity contribution < 1.29 is 19.4 Å². The molecule has 0 bridgehead atoms. The average Bonchev–Trinajstić information content (AvgIpc) is 3.33. The highest BCUT2D eigenvalue weighted by Gasteiger charge is 2.28. The Hall–Kier alpha value is -3.38. The van der Waals surface area contributed by atoms with Crippen molar-refractivity contribution in [2.24, 2.45) is 0 Å². The van der Waals surface area contributed by atoms with Gasteiger partial charge in [0.25, 0.3) is 0 Å². The molecule has 4 rings (SSSR count). The van der Waals surface area contributed by atoms with Gasteiger partial charge in [-0.05, 0) is 39.3 Å². The van der Waals surface area contributed by atoms with Gasteiger partial charge in [0.15, 0.2) is 0 Å². The van der Waals surface area contributed by atoms with Crippen molar-refractivity contribution in [2.45, 2.75) is 5.92 Å². The molecule has 0 spiro atoms. The van der Waals surface area contributed by atoms with Crippen molar-refractivity contribution in [3.05, 3.63) is 87.6 Å². The predicted octanol–water partition coefficient (Wildman–Crippen LogP) is 5.00. The Morgan fingerprint density at radius 1 is 1.07 bits per heavy atom. The number of ether oxygens (including phenoxy) is 1. The zero-order valence-electron chi connectivity index (χ0n) is 15.5. The first-order valence-electron chi connectivity index (χ1n) is 9.20. The van der Waals surface area contributed by atoms with E-state index in [2.05, 4.69) is 29.6 Å². The number of hydrogen-bond acceptors (Lipinski definition) is 4. The molecule has 0 radical (unpaired) electrons. The van der Waals surface area contributed by atoms with Gasteiger partial charge in [0.2, 0.25) is 0 Å². The molecule has 0 atom stereocenters. The third-order valence-electron chi connectivity index (χ3n) is 4.85. The van der Waals surface area contributed by atoms with Gasteiger partial charge in [0.05, 0.1) is 0 Å². The average molecular weight is 405 g/mol. The van der Waals surface area contributed by atoms with Gasteiger partial charge in [-0.25, -0.2) is 9.59 Å². The monoisotopic (exact) mass is 405 g/mol. The maximum absolute atomic E-state index is 12.1. The molecule has 6 heteroatoms. The van der Waals surface area contributed by atoms with Crippen molar-refractivity contribution in [2.75, 3.05) is 13.2 Å². The third-order valence-corrected chi connectivity index (χ3v) is 5.79. The fourth-order valence-electron chi connectivity index (χ4n) is 3.54. The number of benzene rings is 2. The first-order chi connectivity index (χ1) is 14.1. The lowest BCUT2D eigenvalue weighted by Gasteiger charge is -2.14. The molecular weight excluding hydrogens is 386 g/mol. The minimum absolute atomic E-state index is 0.0314. The number of alkyl carbamates (subject to hydrolysis) is 1. The molecule has 2 aromatic carbocycles. The van der Waals surface area contributed by atoms with Crippen LogP contribution in [0.5, 0.6) is 0 Å². The third kappa shape index (κ3) is 4.07. The molecule has 0 unspecified atom stereocenters. The van der Waals surface area contributed by atoms with Crippen LogP contribution in [0.15, 0.2) is 66.1 Å². The number of carbonyl (C=O) groups excluding carboxylic acids is 1. The standard InChI is InChI=1S/C23H19NO4S/c25-22(26)21-12-15(14-29-21)6-5-11-24-23(27)28-13-20-18-9-3-1-7-16(18)17-8-2-4-10-19(17)20/h1-10,12,14,20H,11,13H2,(H,24,27)(H,25,26). The summed E-state index contributed by atoms with van der Waals surface area (Å²) in [6.45, 7) is 0.574. The number of thiophene rings is 1. The Labute approximate surface area is 172 Å². The minimum atomic E-state index is -0.939. The van der Waals surface area contributed by atoms with E-state index in [0.717, 1.165) is 5.56 Å². The summed E-state index contributed by atoms with van der Waals surface area (Å²) in [5.74, 6) is -0.907. The first-order valence-corrected chi connectivity index (χ1v) is 10.1. The maximum atomic E-state index is 12.1. The van der Waals surface area contributed by atoms with Gasteiger partial charge in [-0.1, -0.05) is 60.7 Å². The molecule has 1 aromatic heterocycles. The molecule has 5 nitrogen and oxygen atoms in total. The fourth-order valence-corrected chi connectivity index (χ4v) is 4.25. The summed E-state index contributed by atoms with van der Waals surface area (Å²) >= 11 is 1.17.